The van der Waals surface area contributed by atoms with Gasteiger partial charge in [0, 0.05) is 11.5 Å². The molecule has 1 aromatic rings. The molecule has 0 heterocycles. The van der Waals surface area contributed by atoms with Crippen molar-refractivity contribution in [1.29, 1.82) is 0 Å². The topological polar surface area (TPSA) is 220 Å². The number of hydrogen-bond acceptors (Lipinski definition) is 12. The minimum absolute atomic E-state index is 0.0344. The summed E-state index contributed by atoms with van der Waals surface area (Å²) < 4.78 is 4.96. The summed E-state index contributed by atoms with van der Waals surface area (Å²) in [4.78, 5) is 52.7. The maximum Gasteiger partial charge on any atom is 0.328 e. The lowest BCUT2D eigenvalue weighted by Gasteiger charge is -2.53. The van der Waals surface area contributed by atoms with Crippen LogP contribution in [0.4, 0.5) is 5.69 Å². The molecule has 1 fully saturated rings. The predicted molar refractivity (Wildman–Crippen MR) is 140 cm³/mol. The smallest absolute Gasteiger partial charge is 0.328 e. The maximum absolute atomic E-state index is 14.0. The SMILES string of the molecule is CCOC(=O)C(C)Nc1ccc2c(c1O)C(O)=C1C(=O)[C@@]3(O)C(O)=C(C(N)=O)C(=O)[C@@H](N(C)C)[C@H]3[C@H](O)[C@H]1[C@@H]2C. The van der Waals surface area contributed by atoms with Gasteiger partial charge in [0.05, 0.1) is 35.9 Å². The fourth-order valence-corrected chi connectivity index (χ4v) is 6.29. The number of Topliss-reactive ketones (excluding diaryl/α,β-unsaturated/α-hetero) is 2. The number of hydrogen-bond donors (Lipinski definition) is 7. The summed E-state index contributed by atoms with van der Waals surface area (Å²) in [7, 11) is 2.88. The van der Waals surface area contributed by atoms with Crippen LogP contribution in [0.25, 0.3) is 5.76 Å². The van der Waals surface area contributed by atoms with Crippen molar-refractivity contribution in [1.82, 2.24) is 4.90 Å². The summed E-state index contributed by atoms with van der Waals surface area (Å²) in [5, 5.41) is 59.6. The Hall–Kier alpha value is -3.94. The highest BCUT2D eigenvalue weighted by molar-refractivity contribution is 6.24. The number of nitrogens with zero attached hydrogens (tertiary/aromatic N) is 1. The minimum Gasteiger partial charge on any atom is -0.508 e. The first kappa shape index (κ1) is 29.1. The first-order chi connectivity index (χ1) is 18.6. The lowest BCUT2D eigenvalue weighted by Crippen LogP contribution is -2.70. The number of ketones is 2. The highest BCUT2D eigenvalue weighted by Crippen LogP contribution is 2.56. The Labute approximate surface area is 229 Å². The van der Waals surface area contributed by atoms with Crippen molar-refractivity contribution in [3.63, 3.8) is 0 Å². The zero-order valence-corrected chi connectivity index (χ0v) is 22.6. The number of likely N-dealkylation sites (N-methyl/N-ethyl adjacent to an activating group) is 1. The number of carbonyl (C=O) groups excluding carboxylic acids is 4. The van der Waals surface area contributed by atoms with Crippen molar-refractivity contribution < 1.29 is 49.4 Å². The number of carbonyl (C=O) groups is 4. The van der Waals surface area contributed by atoms with Gasteiger partial charge in [-0.3, -0.25) is 19.3 Å². The van der Waals surface area contributed by atoms with Gasteiger partial charge < -0.3 is 41.3 Å². The monoisotopic (exact) mass is 559 g/mol. The molecule has 0 aliphatic heterocycles. The van der Waals surface area contributed by atoms with Crippen LogP contribution in [-0.2, 0) is 23.9 Å². The van der Waals surface area contributed by atoms with Crippen LogP contribution in [-0.4, -0.2) is 98.4 Å². The van der Waals surface area contributed by atoms with E-state index >= 15 is 0 Å². The number of esters is 1. The third kappa shape index (κ3) is 3.87. The van der Waals surface area contributed by atoms with Crippen LogP contribution in [0.1, 0.15) is 37.8 Å². The van der Waals surface area contributed by atoms with Crippen LogP contribution < -0.4 is 11.1 Å². The number of nitrogens with two attached hydrogens (primary N) is 1. The van der Waals surface area contributed by atoms with Crippen molar-refractivity contribution in [2.75, 3.05) is 26.0 Å². The second kappa shape index (κ2) is 9.91. The molecule has 7 atom stereocenters. The number of anilines is 1. The molecular weight excluding hydrogens is 526 g/mol. The van der Waals surface area contributed by atoms with Crippen molar-refractivity contribution in [2.45, 2.75) is 50.5 Å². The number of nitrogens with one attached hydrogen (secondary N) is 1. The van der Waals surface area contributed by atoms with Crippen LogP contribution in [0.3, 0.4) is 0 Å². The van der Waals surface area contributed by atoms with Crippen LogP contribution in [0.2, 0.25) is 0 Å². The number of aliphatic hydroxyl groups is 4. The lowest BCUT2D eigenvalue weighted by atomic mass is 9.54. The molecule has 13 nitrogen and oxygen atoms in total. The molecule has 4 rings (SSSR count). The highest BCUT2D eigenvalue weighted by atomic mass is 16.5. The Morgan fingerprint density at radius 1 is 1.20 bits per heavy atom. The van der Waals surface area contributed by atoms with E-state index in [2.05, 4.69) is 5.32 Å². The molecule has 8 N–H and O–H groups in total. The quantitative estimate of drug-likeness (QED) is 0.138. The molecule has 1 saturated carbocycles. The van der Waals surface area contributed by atoms with E-state index in [4.69, 9.17) is 10.5 Å². The van der Waals surface area contributed by atoms with E-state index in [0.29, 0.717) is 5.56 Å². The van der Waals surface area contributed by atoms with E-state index in [9.17, 15) is 44.7 Å². The largest absolute Gasteiger partial charge is 0.508 e. The van der Waals surface area contributed by atoms with Gasteiger partial charge >= 0.3 is 5.97 Å². The van der Waals surface area contributed by atoms with Gasteiger partial charge in [0.1, 0.15) is 28.9 Å². The summed E-state index contributed by atoms with van der Waals surface area (Å²) in [6.45, 7) is 4.91. The lowest BCUT2D eigenvalue weighted by molar-refractivity contribution is -0.169. The fraction of sp³-hybridized carbons (Fsp3) is 0.481. The zero-order chi connectivity index (χ0) is 30.0. The van der Waals surface area contributed by atoms with Crippen LogP contribution in [0.15, 0.2) is 29.0 Å². The van der Waals surface area contributed by atoms with Crippen molar-refractivity contribution in [3.8, 4) is 5.75 Å². The number of amides is 1. The number of benzene rings is 1. The molecule has 40 heavy (non-hydrogen) atoms. The first-order valence-electron chi connectivity index (χ1n) is 12.7. The van der Waals surface area contributed by atoms with Crippen LogP contribution in [0, 0.1) is 11.8 Å². The van der Waals surface area contributed by atoms with Gasteiger partial charge in [-0.25, -0.2) is 4.79 Å². The first-order valence-corrected chi connectivity index (χ1v) is 12.7. The zero-order valence-electron chi connectivity index (χ0n) is 22.6. The van der Waals surface area contributed by atoms with Gasteiger partial charge in [-0.05, 0) is 45.5 Å². The Morgan fingerprint density at radius 3 is 2.38 bits per heavy atom. The molecule has 3 aliphatic carbocycles. The Balaban J connectivity index is 1.93. The molecular formula is C27H33N3O10. The number of aromatic hydroxyl groups is 1. The van der Waals surface area contributed by atoms with Gasteiger partial charge in [-0.15, -0.1) is 0 Å². The molecule has 1 aromatic carbocycles. The standard InChI is InChI=1S/C27H33N3O10/c1-6-40-26(38)10(3)29-12-8-7-11-9(2)13-15(20(32)14(11)19(12)31)23(35)27(39)17(21(13)33)18(30(4)5)22(34)16(24(27)36)25(28)37/h7-10,13,17-18,21,29,31-33,36,39H,6H2,1-5H3,(H2,28,37)/t9-,10?,13+,17+,18+,21-,27-/m1/s1. The summed E-state index contributed by atoms with van der Waals surface area (Å²) >= 11 is 0. The summed E-state index contributed by atoms with van der Waals surface area (Å²) in [5.41, 5.74) is 1.04. The normalized spacial score (nSPS) is 30.4. The fourth-order valence-electron chi connectivity index (χ4n) is 6.29. The van der Waals surface area contributed by atoms with Gasteiger partial charge in [0.25, 0.3) is 5.91 Å². The Kier molecular flexibility index (Phi) is 7.20. The maximum atomic E-state index is 14.0. The summed E-state index contributed by atoms with van der Waals surface area (Å²) in [6.07, 6.45) is -1.68. The third-order valence-corrected chi connectivity index (χ3v) is 8.14. The Morgan fingerprint density at radius 2 is 1.82 bits per heavy atom. The predicted octanol–water partition coefficient (Wildman–Crippen LogP) is -0.141. The van der Waals surface area contributed by atoms with Gasteiger partial charge in [-0.1, -0.05) is 13.0 Å². The van der Waals surface area contributed by atoms with E-state index in [1.165, 1.54) is 32.0 Å². The number of ether oxygens (including phenoxy) is 1. The third-order valence-electron chi connectivity index (χ3n) is 8.14. The number of phenolic OH excluding ortho intramolecular Hbond substituents is 1. The molecule has 1 unspecified atom stereocenters. The van der Waals surface area contributed by atoms with E-state index in [1.807, 2.05) is 0 Å². The second-order valence-electron chi connectivity index (χ2n) is 10.6. The van der Waals surface area contributed by atoms with Crippen molar-refractivity contribution >= 4 is 34.9 Å². The molecule has 0 spiro atoms. The average molecular weight is 560 g/mol. The van der Waals surface area contributed by atoms with Crippen molar-refractivity contribution in [3.05, 3.63) is 40.2 Å². The number of phenols is 1. The molecule has 0 bridgehead atoms. The number of primary amides is 1. The summed E-state index contributed by atoms with van der Waals surface area (Å²) in [6, 6.07) is 0.697. The van der Waals surface area contributed by atoms with Crippen LogP contribution in [0.5, 0.6) is 5.75 Å². The van der Waals surface area contributed by atoms with Crippen LogP contribution >= 0.6 is 0 Å². The molecule has 1 amide bonds. The molecule has 0 aromatic heterocycles. The number of rotatable bonds is 6. The molecule has 0 radical (unpaired) electrons. The minimum atomic E-state index is -2.99. The highest BCUT2D eigenvalue weighted by Gasteiger charge is 2.68. The van der Waals surface area contributed by atoms with E-state index < -0.39 is 93.4 Å². The molecule has 13 heteroatoms. The molecule has 3 aliphatic rings. The second-order valence-corrected chi connectivity index (χ2v) is 10.6. The van der Waals surface area contributed by atoms with Gasteiger partial charge in [-0.2, -0.15) is 0 Å². The number of fused-ring (bicyclic) bond motifs is 3. The van der Waals surface area contributed by atoms with Gasteiger partial charge in [0.2, 0.25) is 5.78 Å². The van der Waals surface area contributed by atoms with E-state index in [0.717, 1.165) is 0 Å². The average Bonchev–Trinajstić information content (AvgIpc) is 2.87. The van der Waals surface area contributed by atoms with Gasteiger partial charge in [0.15, 0.2) is 11.4 Å². The molecule has 0 saturated heterocycles. The van der Waals surface area contributed by atoms with E-state index in [1.54, 1.807) is 19.9 Å². The Bertz CT molecular complexity index is 1380. The number of aliphatic hydroxyl groups excluding tert-OH is 3. The van der Waals surface area contributed by atoms with Crippen molar-refractivity contribution in [2.24, 2.45) is 17.6 Å². The van der Waals surface area contributed by atoms with E-state index in [-0.39, 0.29) is 17.9 Å². The summed E-state index contributed by atoms with van der Waals surface area (Å²) in [5.74, 6) is -10.3. The molecule has 216 valence electrons.